The van der Waals surface area contributed by atoms with Crippen LogP contribution >= 0.6 is 11.3 Å². The van der Waals surface area contributed by atoms with Crippen molar-refractivity contribution >= 4 is 27.0 Å². The van der Waals surface area contributed by atoms with Crippen LogP contribution in [0.1, 0.15) is 32.6 Å². The Morgan fingerprint density at radius 3 is 2.78 bits per heavy atom. The summed E-state index contributed by atoms with van der Waals surface area (Å²) >= 11 is 1.17. The van der Waals surface area contributed by atoms with Gasteiger partial charge in [-0.25, -0.2) is 13.1 Å². The van der Waals surface area contributed by atoms with E-state index in [1.54, 1.807) is 5.38 Å². The van der Waals surface area contributed by atoms with Crippen molar-refractivity contribution in [2.24, 2.45) is 11.8 Å². The summed E-state index contributed by atoms with van der Waals surface area (Å²) < 4.78 is 27.1. The van der Waals surface area contributed by atoms with Gasteiger partial charge in [0.1, 0.15) is 4.21 Å². The van der Waals surface area contributed by atoms with Crippen LogP contribution in [-0.2, 0) is 10.0 Å². The van der Waals surface area contributed by atoms with Crippen molar-refractivity contribution in [3.05, 3.63) is 11.4 Å². The number of hydrogen-bond acceptors (Lipinski definition) is 4. The molecule has 0 amide bonds. The van der Waals surface area contributed by atoms with E-state index in [1.807, 2.05) is 0 Å². The zero-order chi connectivity index (χ0) is 13.2. The number of hydrogen-bond donors (Lipinski definition) is 2. The fourth-order valence-corrected chi connectivity index (χ4v) is 4.67. The van der Waals surface area contributed by atoms with Crippen molar-refractivity contribution in [1.29, 1.82) is 0 Å². The van der Waals surface area contributed by atoms with Gasteiger partial charge in [0.05, 0.1) is 0 Å². The van der Waals surface area contributed by atoms with Crippen molar-refractivity contribution < 1.29 is 8.42 Å². The van der Waals surface area contributed by atoms with Crippen molar-refractivity contribution in [1.82, 2.24) is 4.72 Å². The standard InChI is InChI=1S/C12H20N2O2S2/c1-9-4-2-3-5-10(9)7-14-18(15,16)12-6-11(13)8-17-12/h6,8-10,14H,2-5,7,13H2,1H3. The Kier molecular flexibility index (Phi) is 4.29. The van der Waals surface area contributed by atoms with Gasteiger partial charge in [0.2, 0.25) is 10.0 Å². The summed E-state index contributed by atoms with van der Waals surface area (Å²) in [6.07, 6.45) is 4.81. The predicted octanol–water partition coefficient (Wildman–Crippen LogP) is 2.43. The Bertz CT molecular complexity index is 496. The van der Waals surface area contributed by atoms with Gasteiger partial charge in [-0.2, -0.15) is 0 Å². The molecular formula is C12H20N2O2S2. The molecule has 0 bridgehead atoms. The molecule has 1 aromatic rings. The molecule has 6 heteroatoms. The van der Waals surface area contributed by atoms with E-state index in [2.05, 4.69) is 11.6 Å². The molecule has 1 aliphatic carbocycles. The first-order chi connectivity index (χ1) is 8.49. The normalized spacial score (nSPS) is 25.2. The zero-order valence-corrected chi connectivity index (χ0v) is 12.2. The molecule has 1 aromatic heterocycles. The predicted molar refractivity (Wildman–Crippen MR) is 75.0 cm³/mol. The number of thiophene rings is 1. The Labute approximate surface area is 113 Å². The maximum absolute atomic E-state index is 12.0. The van der Waals surface area contributed by atoms with Gasteiger partial charge in [0, 0.05) is 17.6 Å². The van der Waals surface area contributed by atoms with Gasteiger partial charge in [-0.3, -0.25) is 0 Å². The summed E-state index contributed by atoms with van der Waals surface area (Å²) in [6.45, 7) is 2.75. The molecule has 1 fully saturated rings. The first-order valence-corrected chi connectivity index (χ1v) is 8.69. The molecule has 2 atom stereocenters. The molecule has 4 nitrogen and oxygen atoms in total. The SMILES string of the molecule is CC1CCCCC1CNS(=O)(=O)c1cc(N)cs1. The Morgan fingerprint density at radius 1 is 1.44 bits per heavy atom. The van der Waals surface area contributed by atoms with Crippen LogP contribution in [0.3, 0.4) is 0 Å². The second kappa shape index (κ2) is 5.59. The summed E-state index contributed by atoms with van der Waals surface area (Å²) in [7, 11) is -3.37. The first-order valence-electron chi connectivity index (χ1n) is 6.33. The van der Waals surface area contributed by atoms with Crippen LogP contribution < -0.4 is 10.5 Å². The number of rotatable bonds is 4. The van der Waals surface area contributed by atoms with Crippen molar-refractivity contribution in [3.8, 4) is 0 Å². The second-order valence-corrected chi connectivity index (χ2v) is 7.98. The average molecular weight is 288 g/mol. The third kappa shape index (κ3) is 3.24. The Balaban J connectivity index is 1.96. The lowest BCUT2D eigenvalue weighted by Crippen LogP contribution is -2.33. The van der Waals surface area contributed by atoms with Gasteiger partial charge in [-0.1, -0.05) is 26.2 Å². The minimum Gasteiger partial charge on any atom is -0.398 e. The van der Waals surface area contributed by atoms with E-state index in [4.69, 9.17) is 5.73 Å². The van der Waals surface area contributed by atoms with Crippen LogP contribution in [0, 0.1) is 11.8 Å². The highest BCUT2D eigenvalue weighted by atomic mass is 32.2. The molecule has 2 rings (SSSR count). The fourth-order valence-electron chi connectivity index (χ4n) is 2.46. The van der Waals surface area contributed by atoms with Gasteiger partial charge in [-0.15, -0.1) is 11.3 Å². The highest BCUT2D eigenvalue weighted by Gasteiger charge is 2.24. The van der Waals surface area contributed by atoms with Crippen LogP contribution in [0.5, 0.6) is 0 Å². The highest BCUT2D eigenvalue weighted by molar-refractivity contribution is 7.91. The molecule has 0 radical (unpaired) electrons. The topological polar surface area (TPSA) is 72.2 Å². The highest BCUT2D eigenvalue weighted by Crippen LogP contribution is 2.29. The Morgan fingerprint density at radius 2 is 2.17 bits per heavy atom. The molecule has 1 aliphatic rings. The van der Waals surface area contributed by atoms with Crippen LogP contribution in [0.2, 0.25) is 0 Å². The zero-order valence-electron chi connectivity index (χ0n) is 10.6. The van der Waals surface area contributed by atoms with Crippen molar-refractivity contribution in [3.63, 3.8) is 0 Å². The molecule has 0 spiro atoms. The Hall–Kier alpha value is -0.590. The molecule has 3 N–H and O–H groups in total. The fraction of sp³-hybridized carbons (Fsp3) is 0.667. The van der Waals surface area contributed by atoms with Crippen LogP contribution in [-0.4, -0.2) is 15.0 Å². The molecule has 0 aromatic carbocycles. The molecule has 0 aliphatic heterocycles. The molecule has 102 valence electrons. The lowest BCUT2D eigenvalue weighted by Gasteiger charge is -2.28. The summed E-state index contributed by atoms with van der Waals surface area (Å²) in [5, 5.41) is 1.65. The van der Waals surface area contributed by atoms with E-state index >= 15 is 0 Å². The van der Waals surface area contributed by atoms with E-state index in [0.29, 0.717) is 28.3 Å². The third-order valence-electron chi connectivity index (χ3n) is 3.69. The quantitative estimate of drug-likeness (QED) is 0.894. The van der Waals surface area contributed by atoms with Crippen LogP contribution in [0.4, 0.5) is 5.69 Å². The second-order valence-electron chi connectivity index (χ2n) is 5.07. The molecule has 18 heavy (non-hydrogen) atoms. The molecule has 0 saturated heterocycles. The van der Waals surface area contributed by atoms with Gasteiger partial charge < -0.3 is 5.73 Å². The molecule has 1 saturated carbocycles. The summed E-state index contributed by atoms with van der Waals surface area (Å²) in [5.74, 6) is 1.07. The van der Waals surface area contributed by atoms with Gasteiger partial charge >= 0.3 is 0 Å². The number of nitrogens with one attached hydrogen (secondary N) is 1. The van der Waals surface area contributed by atoms with E-state index < -0.39 is 10.0 Å². The minimum atomic E-state index is -3.37. The van der Waals surface area contributed by atoms with Crippen molar-refractivity contribution in [2.45, 2.75) is 36.8 Å². The maximum atomic E-state index is 12.0. The van der Waals surface area contributed by atoms with E-state index in [0.717, 1.165) is 6.42 Å². The average Bonchev–Trinajstić information content (AvgIpc) is 2.76. The van der Waals surface area contributed by atoms with Crippen molar-refractivity contribution in [2.75, 3.05) is 12.3 Å². The number of anilines is 1. The van der Waals surface area contributed by atoms with Crippen LogP contribution in [0.15, 0.2) is 15.7 Å². The minimum absolute atomic E-state index is 0.309. The molecule has 2 unspecified atom stereocenters. The van der Waals surface area contributed by atoms with E-state index in [-0.39, 0.29) is 0 Å². The van der Waals surface area contributed by atoms with E-state index in [1.165, 1.54) is 36.7 Å². The molecular weight excluding hydrogens is 268 g/mol. The summed E-state index contributed by atoms with van der Waals surface area (Å²) in [6, 6.07) is 1.51. The smallest absolute Gasteiger partial charge is 0.250 e. The number of nitrogens with two attached hydrogens (primary N) is 1. The van der Waals surface area contributed by atoms with Gasteiger partial charge in [0.15, 0.2) is 0 Å². The third-order valence-corrected chi connectivity index (χ3v) is 6.57. The van der Waals surface area contributed by atoms with Gasteiger partial charge in [0.25, 0.3) is 0 Å². The summed E-state index contributed by atoms with van der Waals surface area (Å²) in [5.41, 5.74) is 6.06. The van der Waals surface area contributed by atoms with E-state index in [9.17, 15) is 8.42 Å². The number of sulfonamides is 1. The maximum Gasteiger partial charge on any atom is 0.250 e. The summed E-state index contributed by atoms with van der Waals surface area (Å²) in [4.78, 5) is 0. The first kappa shape index (κ1) is 13.8. The number of nitrogen functional groups attached to an aromatic ring is 1. The monoisotopic (exact) mass is 288 g/mol. The molecule has 1 heterocycles. The lowest BCUT2D eigenvalue weighted by atomic mass is 9.81. The van der Waals surface area contributed by atoms with Gasteiger partial charge in [-0.05, 0) is 24.3 Å². The lowest BCUT2D eigenvalue weighted by molar-refractivity contribution is 0.257. The van der Waals surface area contributed by atoms with Crippen LogP contribution in [0.25, 0.3) is 0 Å². The largest absolute Gasteiger partial charge is 0.398 e.